The lowest BCUT2D eigenvalue weighted by Gasteiger charge is -2.14. The number of unbranched alkanes of at least 4 members (excludes halogenated alkanes) is 2. The molecule has 4 nitrogen and oxygen atoms in total. The Balaban J connectivity index is 2.55. The molecule has 1 aliphatic rings. The first-order valence-electron chi connectivity index (χ1n) is 5.51. The lowest BCUT2D eigenvalue weighted by molar-refractivity contribution is -0.144. The van der Waals surface area contributed by atoms with Crippen molar-refractivity contribution in [3.05, 3.63) is 0 Å². The summed E-state index contributed by atoms with van der Waals surface area (Å²) in [5, 5.41) is 9.00. The third-order valence-electron chi connectivity index (χ3n) is 2.96. The molecule has 0 amide bonds. The second-order valence-electron chi connectivity index (χ2n) is 4.12. The number of hydrogen-bond donors (Lipinski definition) is 1. The van der Waals surface area contributed by atoms with Crippen LogP contribution < -0.4 is 0 Å². The van der Waals surface area contributed by atoms with Gasteiger partial charge in [0.25, 0.3) is 0 Å². The number of ether oxygens (including phenoxy) is 1. The minimum Gasteiger partial charge on any atom is -0.481 e. The Kier molecular flexibility index (Phi) is 4.12. The Morgan fingerprint density at radius 1 is 1.47 bits per heavy atom. The van der Waals surface area contributed by atoms with Gasteiger partial charge in [0.2, 0.25) is 0 Å². The molecule has 0 radical (unpaired) electrons. The van der Waals surface area contributed by atoms with E-state index in [0.717, 1.165) is 19.3 Å². The predicted octanol–water partition coefficient (Wildman–Crippen LogP) is 1.83. The molecule has 1 fully saturated rings. The molecule has 86 valence electrons. The number of aliphatic carboxylic acids is 1. The lowest BCUT2D eigenvalue weighted by atomic mass is 9.89. The Morgan fingerprint density at radius 2 is 2.13 bits per heavy atom. The van der Waals surface area contributed by atoms with E-state index < -0.39 is 23.9 Å². The second-order valence-corrected chi connectivity index (χ2v) is 4.12. The van der Waals surface area contributed by atoms with Crippen molar-refractivity contribution in [1.29, 1.82) is 0 Å². The monoisotopic (exact) mass is 214 g/mol. The van der Waals surface area contributed by atoms with Crippen molar-refractivity contribution in [2.24, 2.45) is 11.8 Å². The maximum atomic E-state index is 11.2. The fraction of sp³-hybridized carbons (Fsp3) is 0.818. The molecule has 1 heterocycles. The summed E-state index contributed by atoms with van der Waals surface area (Å²) in [6.07, 6.45) is 3.30. The standard InChI is InChI=1S/C11H18O4/c1-3-4-5-6-8-9(10(12)13)7(2)11(14)15-8/h7-9H,3-6H2,1-2H3,(H,12,13)/t7-,8-,9-/m0/s1. The minimum atomic E-state index is -0.921. The molecular formula is C11H18O4. The summed E-state index contributed by atoms with van der Waals surface area (Å²) in [5.74, 6) is -2.46. The first-order chi connectivity index (χ1) is 7.07. The van der Waals surface area contributed by atoms with Crippen molar-refractivity contribution in [3.63, 3.8) is 0 Å². The minimum absolute atomic E-state index is 0.371. The molecule has 15 heavy (non-hydrogen) atoms. The highest BCUT2D eigenvalue weighted by Crippen LogP contribution is 2.31. The molecule has 0 aliphatic carbocycles. The Morgan fingerprint density at radius 3 is 2.67 bits per heavy atom. The van der Waals surface area contributed by atoms with Crippen LogP contribution in [0.2, 0.25) is 0 Å². The average molecular weight is 214 g/mol. The molecule has 0 unspecified atom stereocenters. The summed E-state index contributed by atoms with van der Waals surface area (Å²) in [4.78, 5) is 22.2. The number of rotatable bonds is 5. The summed E-state index contributed by atoms with van der Waals surface area (Å²) in [7, 11) is 0. The van der Waals surface area contributed by atoms with E-state index in [1.54, 1.807) is 6.92 Å². The third-order valence-corrected chi connectivity index (χ3v) is 2.96. The molecule has 1 rings (SSSR count). The van der Waals surface area contributed by atoms with Crippen LogP contribution in [0.4, 0.5) is 0 Å². The molecule has 0 aromatic carbocycles. The normalized spacial score (nSPS) is 30.3. The molecule has 0 aromatic heterocycles. The molecule has 0 bridgehead atoms. The van der Waals surface area contributed by atoms with E-state index in [-0.39, 0.29) is 5.97 Å². The molecule has 1 saturated heterocycles. The zero-order valence-electron chi connectivity index (χ0n) is 9.23. The first-order valence-corrected chi connectivity index (χ1v) is 5.51. The largest absolute Gasteiger partial charge is 0.481 e. The van der Waals surface area contributed by atoms with Crippen molar-refractivity contribution >= 4 is 11.9 Å². The van der Waals surface area contributed by atoms with E-state index in [0.29, 0.717) is 6.42 Å². The number of hydrogen-bond acceptors (Lipinski definition) is 3. The molecule has 0 saturated carbocycles. The zero-order valence-corrected chi connectivity index (χ0v) is 9.23. The van der Waals surface area contributed by atoms with E-state index in [1.165, 1.54) is 0 Å². The van der Waals surface area contributed by atoms with Gasteiger partial charge in [0.1, 0.15) is 12.0 Å². The fourth-order valence-corrected chi connectivity index (χ4v) is 2.01. The van der Waals surface area contributed by atoms with Crippen molar-refractivity contribution in [2.45, 2.75) is 45.6 Å². The zero-order chi connectivity index (χ0) is 11.4. The SMILES string of the molecule is CCCCC[C@@H]1OC(=O)[C@@H](C)[C@@H]1C(=O)O. The number of carbonyl (C=O) groups is 2. The summed E-state index contributed by atoms with van der Waals surface area (Å²) >= 11 is 0. The predicted molar refractivity (Wildman–Crippen MR) is 54.3 cm³/mol. The lowest BCUT2D eigenvalue weighted by Crippen LogP contribution is -2.27. The topological polar surface area (TPSA) is 63.6 Å². The van der Waals surface area contributed by atoms with Gasteiger partial charge in [0.15, 0.2) is 0 Å². The van der Waals surface area contributed by atoms with Crippen molar-refractivity contribution in [2.75, 3.05) is 0 Å². The van der Waals surface area contributed by atoms with Gasteiger partial charge >= 0.3 is 11.9 Å². The van der Waals surface area contributed by atoms with Crippen LogP contribution in [0.3, 0.4) is 0 Å². The second kappa shape index (κ2) is 5.14. The maximum absolute atomic E-state index is 11.2. The number of esters is 1. The van der Waals surface area contributed by atoms with Crippen molar-refractivity contribution in [3.8, 4) is 0 Å². The summed E-state index contributed by atoms with van der Waals surface area (Å²) in [6.45, 7) is 3.71. The summed E-state index contributed by atoms with van der Waals surface area (Å²) in [5.41, 5.74) is 0. The van der Waals surface area contributed by atoms with Crippen molar-refractivity contribution < 1.29 is 19.4 Å². The van der Waals surface area contributed by atoms with Crippen LogP contribution >= 0.6 is 0 Å². The van der Waals surface area contributed by atoms with E-state index in [1.807, 2.05) is 0 Å². The van der Waals surface area contributed by atoms with Gasteiger partial charge in [0.05, 0.1) is 5.92 Å². The van der Waals surface area contributed by atoms with Gasteiger partial charge in [0, 0.05) is 0 Å². The molecule has 4 heteroatoms. The number of carboxylic acid groups (broad SMARTS) is 1. The van der Waals surface area contributed by atoms with Crippen LogP contribution in [-0.4, -0.2) is 23.1 Å². The fourth-order valence-electron chi connectivity index (χ4n) is 2.01. The van der Waals surface area contributed by atoms with Gasteiger partial charge in [-0.05, 0) is 12.8 Å². The quantitative estimate of drug-likeness (QED) is 0.560. The highest BCUT2D eigenvalue weighted by Gasteiger charge is 2.45. The molecule has 0 spiro atoms. The molecule has 3 atom stereocenters. The highest BCUT2D eigenvalue weighted by molar-refractivity contribution is 5.84. The van der Waals surface area contributed by atoms with Gasteiger partial charge < -0.3 is 9.84 Å². The molecule has 0 aromatic rings. The molecule has 1 aliphatic heterocycles. The Labute approximate surface area is 89.6 Å². The van der Waals surface area contributed by atoms with Crippen LogP contribution in [0, 0.1) is 11.8 Å². The number of carboxylic acids is 1. The van der Waals surface area contributed by atoms with Gasteiger partial charge in [-0.1, -0.05) is 26.7 Å². The van der Waals surface area contributed by atoms with E-state index in [9.17, 15) is 9.59 Å². The Bertz CT molecular complexity index is 249. The van der Waals surface area contributed by atoms with E-state index >= 15 is 0 Å². The van der Waals surface area contributed by atoms with Crippen LogP contribution in [0.5, 0.6) is 0 Å². The molecule has 1 N–H and O–H groups in total. The maximum Gasteiger partial charge on any atom is 0.311 e. The van der Waals surface area contributed by atoms with Crippen LogP contribution in [0.1, 0.15) is 39.5 Å². The van der Waals surface area contributed by atoms with Gasteiger partial charge in [-0.2, -0.15) is 0 Å². The molecular weight excluding hydrogens is 196 g/mol. The van der Waals surface area contributed by atoms with Crippen LogP contribution in [-0.2, 0) is 14.3 Å². The van der Waals surface area contributed by atoms with E-state index in [2.05, 4.69) is 6.92 Å². The van der Waals surface area contributed by atoms with E-state index in [4.69, 9.17) is 9.84 Å². The van der Waals surface area contributed by atoms with Gasteiger partial charge in [-0.3, -0.25) is 9.59 Å². The first kappa shape index (κ1) is 12.0. The average Bonchev–Trinajstić information content (AvgIpc) is 2.43. The number of carbonyl (C=O) groups excluding carboxylic acids is 1. The van der Waals surface area contributed by atoms with Crippen LogP contribution in [0.15, 0.2) is 0 Å². The Hall–Kier alpha value is -1.06. The highest BCUT2D eigenvalue weighted by atomic mass is 16.6. The van der Waals surface area contributed by atoms with Crippen molar-refractivity contribution in [1.82, 2.24) is 0 Å². The van der Waals surface area contributed by atoms with Gasteiger partial charge in [-0.15, -0.1) is 0 Å². The smallest absolute Gasteiger partial charge is 0.311 e. The number of cyclic esters (lactones) is 1. The third kappa shape index (κ3) is 2.70. The summed E-state index contributed by atoms with van der Waals surface area (Å²) in [6, 6.07) is 0. The summed E-state index contributed by atoms with van der Waals surface area (Å²) < 4.78 is 5.07. The van der Waals surface area contributed by atoms with Crippen LogP contribution in [0.25, 0.3) is 0 Å². The van der Waals surface area contributed by atoms with Gasteiger partial charge in [-0.25, -0.2) is 0 Å².